The molecule has 0 unspecified atom stereocenters. The molecule has 0 fully saturated rings. The Labute approximate surface area is 170 Å². The van der Waals surface area contributed by atoms with E-state index < -0.39 is 6.10 Å². The van der Waals surface area contributed by atoms with E-state index in [9.17, 15) is 4.79 Å². The number of ether oxygens (including phenoxy) is 4. The number of nitrogens with one attached hydrogen (secondary N) is 1. The third-order valence-electron chi connectivity index (χ3n) is 4.03. The first-order chi connectivity index (χ1) is 14.1. The van der Waals surface area contributed by atoms with E-state index >= 15 is 0 Å². The van der Waals surface area contributed by atoms with Crippen molar-refractivity contribution in [3.63, 3.8) is 0 Å². The molecule has 29 heavy (non-hydrogen) atoms. The molecule has 0 aliphatic carbocycles. The van der Waals surface area contributed by atoms with E-state index in [4.69, 9.17) is 18.9 Å². The zero-order valence-corrected chi connectivity index (χ0v) is 16.9. The standard InChI is InChI=1S/C22H26N2O5/c1-4-26-20-11-16(9-10-18(20)27-13-15(2)3)12-23-24-22(25)21-14-28-17-7-5-6-8-19(17)29-21/h5-12,15,21H,4,13-14H2,1-3H3,(H,24,25)/b23-12-/t21-/m0/s1. The summed E-state index contributed by atoms with van der Waals surface area (Å²) in [5, 5.41) is 4.02. The summed E-state index contributed by atoms with van der Waals surface area (Å²) in [7, 11) is 0. The van der Waals surface area contributed by atoms with Crippen LogP contribution in [0.5, 0.6) is 23.0 Å². The molecule has 0 radical (unpaired) electrons. The summed E-state index contributed by atoms with van der Waals surface area (Å²) in [6.45, 7) is 7.35. The minimum atomic E-state index is -0.757. The van der Waals surface area contributed by atoms with E-state index in [-0.39, 0.29) is 12.5 Å². The first kappa shape index (κ1) is 20.5. The molecule has 1 amide bonds. The van der Waals surface area contributed by atoms with Crippen LogP contribution in [0.4, 0.5) is 0 Å². The first-order valence-corrected chi connectivity index (χ1v) is 9.68. The second kappa shape index (κ2) is 9.82. The molecule has 2 aromatic rings. The molecule has 7 heteroatoms. The van der Waals surface area contributed by atoms with Gasteiger partial charge in [-0.3, -0.25) is 4.79 Å². The van der Waals surface area contributed by atoms with E-state index in [2.05, 4.69) is 24.4 Å². The molecule has 1 aliphatic heterocycles. The van der Waals surface area contributed by atoms with Crippen LogP contribution in [0.1, 0.15) is 26.3 Å². The number of benzene rings is 2. The maximum Gasteiger partial charge on any atom is 0.284 e. The fourth-order valence-corrected chi connectivity index (χ4v) is 2.64. The van der Waals surface area contributed by atoms with Crippen molar-refractivity contribution in [1.82, 2.24) is 5.43 Å². The predicted octanol–water partition coefficient (Wildman–Crippen LogP) is 3.41. The minimum absolute atomic E-state index is 0.134. The van der Waals surface area contributed by atoms with Gasteiger partial charge < -0.3 is 18.9 Å². The molecule has 3 rings (SSSR count). The van der Waals surface area contributed by atoms with Crippen molar-refractivity contribution in [2.45, 2.75) is 26.9 Å². The number of carbonyl (C=O) groups excluding carboxylic acids is 1. The summed E-state index contributed by atoms with van der Waals surface area (Å²) in [4.78, 5) is 12.3. The molecule has 0 spiro atoms. The zero-order valence-electron chi connectivity index (χ0n) is 16.9. The van der Waals surface area contributed by atoms with E-state index in [0.29, 0.717) is 42.1 Å². The fourth-order valence-electron chi connectivity index (χ4n) is 2.64. The van der Waals surface area contributed by atoms with Gasteiger partial charge >= 0.3 is 0 Å². The van der Waals surface area contributed by atoms with Gasteiger partial charge in [0.15, 0.2) is 23.0 Å². The monoisotopic (exact) mass is 398 g/mol. The largest absolute Gasteiger partial charge is 0.490 e. The highest BCUT2D eigenvalue weighted by Gasteiger charge is 2.26. The Hall–Kier alpha value is -3.22. The number of hydrazone groups is 1. The molecule has 154 valence electrons. The van der Waals surface area contributed by atoms with Crippen LogP contribution < -0.4 is 24.4 Å². The lowest BCUT2D eigenvalue weighted by Gasteiger charge is -2.24. The van der Waals surface area contributed by atoms with Crippen molar-refractivity contribution in [1.29, 1.82) is 0 Å². The average molecular weight is 398 g/mol. The van der Waals surface area contributed by atoms with Crippen LogP contribution in [0.15, 0.2) is 47.6 Å². The van der Waals surface area contributed by atoms with Crippen molar-refractivity contribution in [3.05, 3.63) is 48.0 Å². The smallest absolute Gasteiger partial charge is 0.284 e. The molecular weight excluding hydrogens is 372 g/mol. The van der Waals surface area contributed by atoms with Gasteiger partial charge in [-0.25, -0.2) is 5.43 Å². The topological polar surface area (TPSA) is 78.4 Å². The van der Waals surface area contributed by atoms with Gasteiger partial charge in [0.1, 0.15) is 6.61 Å². The number of fused-ring (bicyclic) bond motifs is 1. The molecule has 0 saturated carbocycles. The summed E-state index contributed by atoms with van der Waals surface area (Å²) in [6.07, 6.45) is 0.789. The van der Waals surface area contributed by atoms with Crippen LogP contribution in [0, 0.1) is 5.92 Å². The molecular formula is C22H26N2O5. The van der Waals surface area contributed by atoms with Crippen LogP contribution >= 0.6 is 0 Å². The Bertz CT molecular complexity index is 866. The Morgan fingerprint density at radius 3 is 2.76 bits per heavy atom. The van der Waals surface area contributed by atoms with Gasteiger partial charge in [0.2, 0.25) is 6.10 Å². The highest BCUT2D eigenvalue weighted by atomic mass is 16.6. The van der Waals surface area contributed by atoms with Crippen molar-refractivity contribution in [3.8, 4) is 23.0 Å². The highest BCUT2D eigenvalue weighted by Crippen LogP contribution is 2.31. The number of hydrogen-bond donors (Lipinski definition) is 1. The van der Waals surface area contributed by atoms with Crippen LogP contribution in [-0.4, -0.2) is 38.0 Å². The molecule has 0 aromatic heterocycles. The van der Waals surface area contributed by atoms with Crippen molar-refractivity contribution >= 4 is 12.1 Å². The third-order valence-corrected chi connectivity index (χ3v) is 4.03. The lowest BCUT2D eigenvalue weighted by atomic mass is 10.2. The Kier molecular flexibility index (Phi) is 6.94. The number of carbonyl (C=O) groups is 1. The number of hydrogen-bond acceptors (Lipinski definition) is 6. The van der Waals surface area contributed by atoms with Crippen molar-refractivity contribution in [2.24, 2.45) is 11.0 Å². The quantitative estimate of drug-likeness (QED) is 0.545. The van der Waals surface area contributed by atoms with Crippen LogP contribution in [0.2, 0.25) is 0 Å². The molecule has 1 atom stereocenters. The number of para-hydroxylation sites is 2. The zero-order chi connectivity index (χ0) is 20.6. The maximum atomic E-state index is 12.3. The van der Waals surface area contributed by atoms with Gasteiger partial charge in [0.05, 0.1) is 19.4 Å². The lowest BCUT2D eigenvalue weighted by molar-refractivity contribution is -0.130. The first-order valence-electron chi connectivity index (χ1n) is 9.68. The SMILES string of the molecule is CCOc1cc(/C=N\NC(=O)[C@@H]2COc3ccccc3O2)ccc1OCC(C)C. The third kappa shape index (κ3) is 5.63. The van der Waals surface area contributed by atoms with Gasteiger partial charge in [-0.1, -0.05) is 26.0 Å². The Morgan fingerprint density at radius 2 is 2.00 bits per heavy atom. The molecule has 1 N–H and O–H groups in total. The van der Waals surface area contributed by atoms with Gasteiger partial charge in [0, 0.05) is 0 Å². The van der Waals surface area contributed by atoms with Crippen molar-refractivity contribution < 1.29 is 23.7 Å². The van der Waals surface area contributed by atoms with Crippen LogP contribution in [0.3, 0.4) is 0 Å². The minimum Gasteiger partial charge on any atom is -0.490 e. The molecule has 0 bridgehead atoms. The fraction of sp³-hybridized carbons (Fsp3) is 0.364. The van der Waals surface area contributed by atoms with Crippen LogP contribution in [0.25, 0.3) is 0 Å². The summed E-state index contributed by atoms with van der Waals surface area (Å²) in [5.74, 6) is 2.54. The second-order valence-electron chi connectivity index (χ2n) is 6.94. The second-order valence-corrected chi connectivity index (χ2v) is 6.94. The summed E-state index contributed by atoms with van der Waals surface area (Å²) >= 11 is 0. The van der Waals surface area contributed by atoms with E-state index in [1.165, 1.54) is 0 Å². The van der Waals surface area contributed by atoms with E-state index in [0.717, 1.165) is 5.56 Å². The van der Waals surface area contributed by atoms with Crippen molar-refractivity contribution in [2.75, 3.05) is 19.8 Å². The Balaban J connectivity index is 1.59. The van der Waals surface area contributed by atoms with Crippen LogP contribution in [-0.2, 0) is 4.79 Å². The lowest BCUT2D eigenvalue weighted by Crippen LogP contribution is -2.42. The summed E-state index contributed by atoms with van der Waals surface area (Å²) < 4.78 is 22.7. The maximum absolute atomic E-state index is 12.3. The molecule has 0 saturated heterocycles. The van der Waals surface area contributed by atoms with Gasteiger partial charge in [-0.2, -0.15) is 5.10 Å². The molecule has 2 aromatic carbocycles. The van der Waals surface area contributed by atoms with Gasteiger partial charge in [-0.15, -0.1) is 0 Å². The molecule has 1 aliphatic rings. The molecule has 7 nitrogen and oxygen atoms in total. The normalized spacial score (nSPS) is 15.4. The summed E-state index contributed by atoms with van der Waals surface area (Å²) in [6, 6.07) is 12.7. The number of rotatable bonds is 8. The predicted molar refractivity (Wildman–Crippen MR) is 110 cm³/mol. The Morgan fingerprint density at radius 1 is 1.21 bits per heavy atom. The van der Waals surface area contributed by atoms with E-state index in [1.807, 2.05) is 37.3 Å². The van der Waals surface area contributed by atoms with E-state index in [1.54, 1.807) is 18.3 Å². The number of amides is 1. The number of nitrogens with zero attached hydrogens (tertiary/aromatic N) is 1. The molecule has 1 heterocycles. The highest BCUT2D eigenvalue weighted by molar-refractivity contribution is 5.85. The van der Waals surface area contributed by atoms with Gasteiger partial charge in [0.25, 0.3) is 5.91 Å². The van der Waals surface area contributed by atoms with Gasteiger partial charge in [-0.05, 0) is 48.7 Å². The summed E-state index contributed by atoms with van der Waals surface area (Å²) in [5.41, 5.74) is 3.27. The average Bonchev–Trinajstić information content (AvgIpc) is 2.73.